The van der Waals surface area contributed by atoms with E-state index in [9.17, 15) is 19.8 Å². The average molecular weight is 1200 g/mol. The van der Waals surface area contributed by atoms with Crippen molar-refractivity contribution in [1.29, 1.82) is 0 Å². The Morgan fingerprint density at radius 1 is 0.329 bits per heavy atom. The number of nitrogens with one attached hydrogen (secondary N) is 1. The Labute approximate surface area is 532 Å². The van der Waals surface area contributed by atoms with Gasteiger partial charge >= 0.3 is 5.97 Å². The van der Waals surface area contributed by atoms with Crippen LogP contribution in [0.3, 0.4) is 0 Å². The third-order valence-corrected chi connectivity index (χ3v) is 18.5. The Balaban J connectivity index is 3.32. The van der Waals surface area contributed by atoms with Gasteiger partial charge in [-0.2, -0.15) is 0 Å². The molecular weight excluding hydrogens is 1040 g/mol. The zero-order valence-electron chi connectivity index (χ0n) is 57.9. The van der Waals surface area contributed by atoms with Gasteiger partial charge in [-0.3, -0.25) is 9.59 Å². The molecule has 0 saturated carbocycles. The summed E-state index contributed by atoms with van der Waals surface area (Å²) in [5.74, 6) is -0.0111. The molecule has 504 valence electrons. The van der Waals surface area contributed by atoms with Crippen LogP contribution in [-0.4, -0.2) is 47.4 Å². The third-order valence-electron chi connectivity index (χ3n) is 18.5. The van der Waals surface area contributed by atoms with Crippen molar-refractivity contribution in [3.05, 3.63) is 24.3 Å². The minimum atomic E-state index is -0.661. The molecule has 3 N–H and O–H groups in total. The number of hydrogen-bond donors (Lipinski definition) is 3. The first kappa shape index (κ1) is 83.3. The predicted molar refractivity (Wildman–Crippen MR) is 375 cm³/mol. The maximum absolute atomic E-state index is 12.5. The zero-order valence-corrected chi connectivity index (χ0v) is 57.9. The van der Waals surface area contributed by atoms with Gasteiger partial charge in [0, 0.05) is 12.8 Å². The molecule has 0 spiro atoms. The lowest BCUT2D eigenvalue weighted by molar-refractivity contribution is -0.143. The quantitative estimate of drug-likeness (QED) is 0.0320. The molecule has 0 bridgehead atoms. The summed E-state index contributed by atoms with van der Waals surface area (Å²) in [4.78, 5) is 24.7. The van der Waals surface area contributed by atoms with Crippen LogP contribution in [0, 0.1) is 0 Å². The molecule has 6 nitrogen and oxygen atoms in total. The summed E-state index contributed by atoms with van der Waals surface area (Å²) in [6, 6.07) is -0.538. The Kier molecular flexibility index (Phi) is 73.3. The van der Waals surface area contributed by atoms with E-state index in [-0.39, 0.29) is 18.5 Å². The van der Waals surface area contributed by atoms with Crippen LogP contribution in [0.15, 0.2) is 24.3 Å². The number of esters is 1. The van der Waals surface area contributed by atoms with E-state index in [1.165, 1.54) is 360 Å². The number of rotatable bonds is 74. The topological polar surface area (TPSA) is 95.9 Å². The monoisotopic (exact) mass is 1200 g/mol. The lowest BCUT2D eigenvalue weighted by atomic mass is 10.0. The maximum atomic E-state index is 12.5. The molecule has 1 amide bonds. The Morgan fingerprint density at radius 3 is 0.906 bits per heavy atom. The number of carbonyl (C=O) groups is 2. The fourth-order valence-corrected chi connectivity index (χ4v) is 12.6. The summed E-state index contributed by atoms with van der Waals surface area (Å²) >= 11 is 0. The van der Waals surface area contributed by atoms with Gasteiger partial charge in [0.1, 0.15) is 0 Å². The standard InChI is InChI=1S/C79H153NO5/c1-3-5-7-9-11-13-15-17-19-21-39-43-47-51-55-59-63-67-71-77(82)76(75-81)80-78(83)72-68-64-60-56-52-48-44-40-37-35-33-31-29-27-25-23-24-26-28-30-32-34-36-38-42-46-50-54-58-62-66-70-74-85-79(84)73-69-65-61-57-53-49-45-41-22-20-18-16-14-12-10-8-6-4-2/h14,16,20,22,76-77,81-82H,3-13,15,17-19,21,23-75H2,1-2H3,(H,80,83)/b16-14-,22-20-. The number of hydrogen-bond acceptors (Lipinski definition) is 5. The van der Waals surface area contributed by atoms with E-state index in [1.807, 2.05) is 0 Å². The second-order valence-corrected chi connectivity index (χ2v) is 27.0. The molecule has 0 radical (unpaired) electrons. The Morgan fingerprint density at radius 2 is 0.588 bits per heavy atom. The maximum Gasteiger partial charge on any atom is 0.305 e. The van der Waals surface area contributed by atoms with Crippen LogP contribution in [0.25, 0.3) is 0 Å². The average Bonchev–Trinajstić information content (AvgIpc) is 3.51. The van der Waals surface area contributed by atoms with E-state index < -0.39 is 12.1 Å². The van der Waals surface area contributed by atoms with Crippen LogP contribution >= 0.6 is 0 Å². The van der Waals surface area contributed by atoms with Gasteiger partial charge in [-0.05, 0) is 57.8 Å². The van der Waals surface area contributed by atoms with Crippen molar-refractivity contribution in [2.24, 2.45) is 0 Å². The molecule has 2 unspecified atom stereocenters. The molecule has 6 heteroatoms. The van der Waals surface area contributed by atoms with Crippen LogP contribution in [-0.2, 0) is 14.3 Å². The largest absolute Gasteiger partial charge is 0.466 e. The van der Waals surface area contributed by atoms with Gasteiger partial charge < -0.3 is 20.3 Å². The highest BCUT2D eigenvalue weighted by molar-refractivity contribution is 5.76. The second-order valence-electron chi connectivity index (χ2n) is 27.0. The molecule has 0 aliphatic rings. The van der Waals surface area contributed by atoms with Crippen molar-refractivity contribution in [1.82, 2.24) is 5.32 Å². The van der Waals surface area contributed by atoms with Crippen molar-refractivity contribution >= 4 is 11.9 Å². The van der Waals surface area contributed by atoms with Crippen molar-refractivity contribution in [2.45, 2.75) is 456 Å². The van der Waals surface area contributed by atoms with Crippen LogP contribution in [0.4, 0.5) is 0 Å². The molecule has 0 fully saturated rings. The van der Waals surface area contributed by atoms with Gasteiger partial charge in [-0.1, -0.05) is 398 Å². The number of carbonyl (C=O) groups excluding carboxylic acids is 2. The number of aliphatic hydroxyl groups excluding tert-OH is 2. The van der Waals surface area contributed by atoms with Crippen LogP contribution in [0.5, 0.6) is 0 Å². The minimum absolute atomic E-state index is 0.0148. The highest BCUT2D eigenvalue weighted by atomic mass is 16.5. The normalized spacial score (nSPS) is 12.6. The highest BCUT2D eigenvalue weighted by Crippen LogP contribution is 2.20. The first-order chi connectivity index (χ1) is 42.0. The lowest BCUT2D eigenvalue weighted by Crippen LogP contribution is -2.45. The SMILES string of the molecule is CCCCCC/C=C\C/C=C\CCCCCCCCCC(=O)OCCCCCCCCCCCCCCCCCCCCCCCCCCCCCCCCCCC(=O)NC(CO)C(O)CCCCCCCCCCCCCCCCCCCC. The predicted octanol–water partition coefficient (Wildman–Crippen LogP) is 25.7. The Bertz CT molecular complexity index is 1330. The van der Waals surface area contributed by atoms with E-state index in [0.717, 1.165) is 51.4 Å². The number of ether oxygens (including phenoxy) is 1. The summed E-state index contributed by atoms with van der Waals surface area (Å²) in [5, 5.41) is 23.4. The van der Waals surface area contributed by atoms with Crippen LogP contribution < -0.4 is 5.32 Å². The second kappa shape index (κ2) is 74.8. The molecule has 0 aromatic carbocycles. The highest BCUT2D eigenvalue weighted by Gasteiger charge is 2.20. The fraction of sp³-hybridized carbons (Fsp3) is 0.924. The number of aliphatic hydroxyl groups is 2. The van der Waals surface area contributed by atoms with Gasteiger partial charge in [-0.25, -0.2) is 0 Å². The molecule has 0 aromatic rings. The summed E-state index contributed by atoms with van der Waals surface area (Å²) < 4.78 is 5.51. The molecule has 2 atom stereocenters. The lowest BCUT2D eigenvalue weighted by Gasteiger charge is -2.22. The molecule has 0 heterocycles. The summed E-state index contributed by atoms with van der Waals surface area (Å²) in [6.07, 6.45) is 95.5. The first-order valence-electron chi connectivity index (χ1n) is 39.1. The van der Waals surface area contributed by atoms with Crippen molar-refractivity contribution in [2.75, 3.05) is 13.2 Å². The molecule has 0 aliphatic heterocycles. The van der Waals surface area contributed by atoms with E-state index in [4.69, 9.17) is 4.74 Å². The van der Waals surface area contributed by atoms with Crippen molar-refractivity contribution < 1.29 is 24.5 Å². The van der Waals surface area contributed by atoms with Gasteiger partial charge in [0.15, 0.2) is 0 Å². The third kappa shape index (κ3) is 71.3. The summed E-state index contributed by atoms with van der Waals surface area (Å²) in [7, 11) is 0. The van der Waals surface area contributed by atoms with Gasteiger partial charge in [0.25, 0.3) is 0 Å². The molecule has 0 aliphatic carbocycles. The van der Waals surface area contributed by atoms with E-state index in [2.05, 4.69) is 43.5 Å². The summed E-state index contributed by atoms with van der Waals surface area (Å²) in [5.41, 5.74) is 0. The van der Waals surface area contributed by atoms with Gasteiger partial charge in [0.05, 0.1) is 25.4 Å². The molecular formula is C79H153NO5. The Hall–Kier alpha value is -1.66. The van der Waals surface area contributed by atoms with Crippen LogP contribution in [0.2, 0.25) is 0 Å². The first-order valence-corrected chi connectivity index (χ1v) is 39.1. The molecule has 85 heavy (non-hydrogen) atoms. The summed E-state index contributed by atoms with van der Waals surface area (Å²) in [6.45, 7) is 4.98. The van der Waals surface area contributed by atoms with E-state index >= 15 is 0 Å². The van der Waals surface area contributed by atoms with Gasteiger partial charge in [-0.15, -0.1) is 0 Å². The number of allylic oxidation sites excluding steroid dienone is 4. The zero-order chi connectivity index (χ0) is 61.3. The van der Waals surface area contributed by atoms with Crippen LogP contribution in [0.1, 0.15) is 444 Å². The molecule has 0 saturated heterocycles. The number of amides is 1. The smallest absolute Gasteiger partial charge is 0.305 e. The van der Waals surface area contributed by atoms with Crippen molar-refractivity contribution in [3.8, 4) is 0 Å². The minimum Gasteiger partial charge on any atom is -0.466 e. The van der Waals surface area contributed by atoms with E-state index in [0.29, 0.717) is 25.9 Å². The fourth-order valence-electron chi connectivity index (χ4n) is 12.6. The van der Waals surface area contributed by atoms with E-state index in [1.54, 1.807) is 0 Å². The number of unbranched alkanes of at least 4 members (excludes halogenated alkanes) is 59. The molecule has 0 aromatic heterocycles. The van der Waals surface area contributed by atoms with Gasteiger partial charge in [0.2, 0.25) is 5.91 Å². The molecule has 0 rings (SSSR count). The van der Waals surface area contributed by atoms with Crippen molar-refractivity contribution in [3.63, 3.8) is 0 Å².